The summed E-state index contributed by atoms with van der Waals surface area (Å²) < 4.78 is 27.4. The van der Waals surface area contributed by atoms with Gasteiger partial charge in [-0.05, 0) is 83.5 Å². The largest absolute Gasteiger partial charge is 0.490 e. The Bertz CT molecular complexity index is 1160. The highest BCUT2D eigenvalue weighted by molar-refractivity contribution is 14.1. The van der Waals surface area contributed by atoms with E-state index >= 15 is 0 Å². The van der Waals surface area contributed by atoms with Crippen LogP contribution in [0.4, 0.5) is 4.39 Å². The average molecular weight is 539 g/mol. The Morgan fingerprint density at radius 2 is 1.88 bits per heavy atom. The van der Waals surface area contributed by atoms with Gasteiger partial charge in [0, 0.05) is 14.7 Å². The monoisotopic (exact) mass is 539 g/mol. The highest BCUT2D eigenvalue weighted by atomic mass is 127. The van der Waals surface area contributed by atoms with Crippen LogP contribution in [0, 0.1) is 20.7 Å². The smallest absolute Gasteiger partial charge is 0.165 e. The molecule has 0 aliphatic heterocycles. The van der Waals surface area contributed by atoms with Crippen LogP contribution >= 0.6 is 22.6 Å². The van der Waals surface area contributed by atoms with Crippen molar-refractivity contribution in [1.82, 2.24) is 0 Å². The van der Waals surface area contributed by atoms with Crippen LogP contribution in [0.5, 0.6) is 11.5 Å². The van der Waals surface area contributed by atoms with Crippen molar-refractivity contribution in [3.8, 4) is 17.6 Å². The van der Waals surface area contributed by atoms with Crippen molar-refractivity contribution in [2.24, 2.45) is 0 Å². The maximum atomic E-state index is 14.2. The summed E-state index contributed by atoms with van der Waals surface area (Å²) in [6, 6.07) is 20.2. The predicted molar refractivity (Wildman–Crippen MR) is 135 cm³/mol. The van der Waals surface area contributed by atoms with Crippen molar-refractivity contribution in [3.05, 3.63) is 105 Å². The molecule has 0 atom stereocenters. The first kappa shape index (κ1) is 23.6. The van der Waals surface area contributed by atoms with Crippen molar-refractivity contribution < 1.29 is 13.9 Å². The zero-order chi connectivity index (χ0) is 22.9. The van der Waals surface area contributed by atoms with E-state index in [0.717, 1.165) is 20.3 Å². The maximum Gasteiger partial charge on any atom is 0.165 e. The number of hydrogen-bond donors (Lipinski definition) is 0. The Kier molecular flexibility index (Phi) is 8.46. The third-order valence-corrected chi connectivity index (χ3v) is 5.43. The summed E-state index contributed by atoms with van der Waals surface area (Å²) in [7, 11) is 0. The lowest BCUT2D eigenvalue weighted by Gasteiger charge is -2.17. The zero-order valence-corrected chi connectivity index (χ0v) is 19.9. The molecule has 0 aliphatic carbocycles. The zero-order valence-electron chi connectivity index (χ0n) is 17.8. The lowest BCUT2D eigenvalue weighted by Crippen LogP contribution is -2.03. The van der Waals surface area contributed by atoms with E-state index in [1.54, 1.807) is 30.4 Å². The van der Waals surface area contributed by atoms with Crippen LogP contribution in [-0.2, 0) is 13.0 Å². The van der Waals surface area contributed by atoms with Gasteiger partial charge in [0.1, 0.15) is 12.4 Å². The molecule has 0 heterocycles. The van der Waals surface area contributed by atoms with E-state index in [0.29, 0.717) is 31.1 Å². The Morgan fingerprint density at radius 3 is 2.53 bits per heavy atom. The first-order chi connectivity index (χ1) is 15.5. The lowest BCUT2D eigenvalue weighted by molar-refractivity contribution is 0.267. The van der Waals surface area contributed by atoms with Crippen molar-refractivity contribution in [2.75, 3.05) is 6.61 Å². The van der Waals surface area contributed by atoms with Gasteiger partial charge in [-0.15, -0.1) is 6.58 Å². The number of nitrogens with zero attached hydrogens (tertiary/aromatic N) is 1. The molecule has 3 aromatic carbocycles. The second kappa shape index (κ2) is 11.5. The maximum absolute atomic E-state index is 14.2. The molecule has 5 heteroatoms. The van der Waals surface area contributed by atoms with Gasteiger partial charge in [0.15, 0.2) is 11.5 Å². The number of ether oxygens (including phenoxy) is 2. The van der Waals surface area contributed by atoms with Crippen molar-refractivity contribution in [1.29, 1.82) is 5.26 Å². The van der Waals surface area contributed by atoms with E-state index in [9.17, 15) is 9.65 Å². The Morgan fingerprint density at radius 1 is 1.12 bits per heavy atom. The highest BCUT2D eigenvalue weighted by Crippen LogP contribution is 2.36. The number of halogens is 2. The fourth-order valence-electron chi connectivity index (χ4n) is 3.25. The first-order valence-electron chi connectivity index (χ1n) is 10.2. The molecule has 0 amide bonds. The number of rotatable bonds is 9. The average Bonchev–Trinajstić information content (AvgIpc) is 2.79. The number of nitriles is 1. The molecule has 32 heavy (non-hydrogen) atoms. The summed E-state index contributed by atoms with van der Waals surface area (Å²) in [6.45, 7) is 6.61. The van der Waals surface area contributed by atoms with Gasteiger partial charge in [-0.3, -0.25) is 0 Å². The normalized spacial score (nSPS) is 11.0. The van der Waals surface area contributed by atoms with Crippen LogP contribution in [0.15, 0.2) is 73.3 Å². The van der Waals surface area contributed by atoms with Gasteiger partial charge in [-0.2, -0.15) is 5.26 Å². The topological polar surface area (TPSA) is 42.2 Å². The molecule has 0 fully saturated rings. The van der Waals surface area contributed by atoms with Gasteiger partial charge in [-0.25, -0.2) is 4.39 Å². The van der Waals surface area contributed by atoms with Gasteiger partial charge in [0.25, 0.3) is 0 Å². The molecule has 0 aliphatic rings. The second-order valence-corrected chi connectivity index (χ2v) is 8.24. The van der Waals surface area contributed by atoms with Gasteiger partial charge in [0.05, 0.1) is 18.2 Å². The Labute approximate surface area is 201 Å². The summed E-state index contributed by atoms with van der Waals surface area (Å²) in [5.74, 6) is 0.787. The Hall–Kier alpha value is -3.11. The Balaban J connectivity index is 2.01. The minimum atomic E-state index is -0.436. The van der Waals surface area contributed by atoms with Crippen LogP contribution in [-0.4, -0.2) is 6.61 Å². The molecule has 0 unspecified atom stereocenters. The summed E-state index contributed by atoms with van der Waals surface area (Å²) in [5.41, 5.74) is 3.16. The van der Waals surface area contributed by atoms with Crippen molar-refractivity contribution in [2.45, 2.75) is 20.0 Å². The van der Waals surface area contributed by atoms with E-state index < -0.39 is 5.82 Å². The molecule has 0 saturated heterocycles. The van der Waals surface area contributed by atoms with E-state index in [4.69, 9.17) is 9.47 Å². The fraction of sp³-hybridized carbons (Fsp3) is 0.148. The molecule has 0 saturated carbocycles. The molecule has 0 radical (unpaired) electrons. The van der Waals surface area contributed by atoms with Crippen molar-refractivity contribution in [3.63, 3.8) is 0 Å². The molecule has 0 aromatic heterocycles. The van der Waals surface area contributed by atoms with Crippen LogP contribution in [0.2, 0.25) is 0 Å². The third kappa shape index (κ3) is 5.98. The van der Waals surface area contributed by atoms with Gasteiger partial charge in [0.2, 0.25) is 0 Å². The van der Waals surface area contributed by atoms with Crippen LogP contribution < -0.4 is 9.47 Å². The minimum absolute atomic E-state index is 0.239. The van der Waals surface area contributed by atoms with Crippen molar-refractivity contribution >= 4 is 34.2 Å². The molecular formula is C27H23FINO2. The molecule has 0 bridgehead atoms. The first-order valence-corrected chi connectivity index (χ1v) is 11.3. The summed E-state index contributed by atoms with van der Waals surface area (Å²) in [6.07, 6.45) is 4.01. The summed E-state index contributed by atoms with van der Waals surface area (Å²) in [5, 5.41) is 9.64. The van der Waals surface area contributed by atoms with E-state index in [-0.39, 0.29) is 11.1 Å². The number of hydrogen-bond acceptors (Lipinski definition) is 3. The van der Waals surface area contributed by atoms with Crippen LogP contribution in [0.3, 0.4) is 0 Å². The number of allylic oxidation sites excluding steroid dienone is 2. The van der Waals surface area contributed by atoms with Crippen LogP contribution in [0.1, 0.15) is 29.2 Å². The summed E-state index contributed by atoms with van der Waals surface area (Å²) >= 11 is 2.27. The predicted octanol–water partition coefficient (Wildman–Crippen LogP) is 7.20. The molecular weight excluding hydrogens is 516 g/mol. The molecule has 0 N–H and O–H groups in total. The van der Waals surface area contributed by atoms with Crippen LogP contribution in [0.25, 0.3) is 11.6 Å². The number of benzene rings is 3. The highest BCUT2D eigenvalue weighted by Gasteiger charge is 2.15. The fourth-order valence-corrected chi connectivity index (χ4v) is 3.61. The SMILES string of the molecule is C=CCc1cc(/C=C(/C#N)c2ccccc2F)cc(OCC)c1OCc1ccc(I)cc1. The minimum Gasteiger partial charge on any atom is -0.490 e. The molecule has 162 valence electrons. The quantitative estimate of drug-likeness (QED) is 0.125. The van der Waals surface area contributed by atoms with E-state index in [1.165, 1.54) is 6.07 Å². The van der Waals surface area contributed by atoms with Gasteiger partial charge in [-0.1, -0.05) is 36.4 Å². The molecule has 0 spiro atoms. The third-order valence-electron chi connectivity index (χ3n) is 4.71. The molecule has 3 rings (SSSR count). The summed E-state index contributed by atoms with van der Waals surface area (Å²) in [4.78, 5) is 0. The van der Waals surface area contributed by atoms with E-state index in [2.05, 4.69) is 35.2 Å². The van der Waals surface area contributed by atoms with Gasteiger partial charge < -0.3 is 9.47 Å². The molecule has 3 nitrogen and oxygen atoms in total. The lowest BCUT2D eigenvalue weighted by atomic mass is 10.0. The van der Waals surface area contributed by atoms with E-state index in [1.807, 2.05) is 43.3 Å². The second-order valence-electron chi connectivity index (χ2n) is 7.00. The standard InChI is InChI=1S/C27H23FINO2/c1-3-7-21-14-20(15-22(17-30)24-8-5-6-9-25(24)28)16-26(31-4-2)27(21)32-18-19-10-12-23(29)13-11-19/h3,5-6,8-16H,1,4,7,18H2,2H3/b22-15-. The molecule has 3 aromatic rings. The van der Waals surface area contributed by atoms with Gasteiger partial charge >= 0.3 is 0 Å².